The van der Waals surface area contributed by atoms with Gasteiger partial charge in [-0.1, -0.05) is 23.7 Å². The SMILES string of the molecule is C[C@H](NCc1cnco1)c1ccc(Cl)cc1. The Labute approximate surface area is 99.5 Å². The zero-order chi connectivity index (χ0) is 11.4. The summed E-state index contributed by atoms with van der Waals surface area (Å²) >= 11 is 5.83. The van der Waals surface area contributed by atoms with E-state index in [0.717, 1.165) is 10.8 Å². The van der Waals surface area contributed by atoms with Gasteiger partial charge in [0.15, 0.2) is 6.39 Å². The number of aromatic nitrogens is 1. The Kier molecular flexibility index (Phi) is 3.59. The van der Waals surface area contributed by atoms with Gasteiger partial charge >= 0.3 is 0 Å². The maximum Gasteiger partial charge on any atom is 0.180 e. The molecule has 0 saturated carbocycles. The Morgan fingerprint density at radius 2 is 2.12 bits per heavy atom. The minimum absolute atomic E-state index is 0.252. The van der Waals surface area contributed by atoms with Crippen molar-refractivity contribution in [1.82, 2.24) is 10.3 Å². The summed E-state index contributed by atoms with van der Waals surface area (Å²) in [5.74, 6) is 0.834. The molecule has 16 heavy (non-hydrogen) atoms. The lowest BCUT2D eigenvalue weighted by atomic mass is 10.1. The predicted octanol–water partition coefficient (Wildman–Crippen LogP) is 3.18. The third-order valence-corrected chi connectivity index (χ3v) is 2.69. The first-order valence-corrected chi connectivity index (χ1v) is 5.50. The fraction of sp³-hybridized carbons (Fsp3) is 0.250. The quantitative estimate of drug-likeness (QED) is 0.886. The molecule has 1 aromatic heterocycles. The lowest BCUT2D eigenvalue weighted by Gasteiger charge is -2.12. The topological polar surface area (TPSA) is 38.1 Å². The monoisotopic (exact) mass is 236 g/mol. The van der Waals surface area contributed by atoms with Crippen molar-refractivity contribution in [3.63, 3.8) is 0 Å². The van der Waals surface area contributed by atoms with Gasteiger partial charge in [-0.3, -0.25) is 0 Å². The molecular formula is C12H13ClN2O. The van der Waals surface area contributed by atoms with E-state index >= 15 is 0 Å². The van der Waals surface area contributed by atoms with Crippen LogP contribution in [0.2, 0.25) is 5.02 Å². The molecule has 0 aliphatic carbocycles. The van der Waals surface area contributed by atoms with Crippen molar-refractivity contribution in [2.24, 2.45) is 0 Å². The molecule has 0 unspecified atom stereocenters. The Bertz CT molecular complexity index is 425. The van der Waals surface area contributed by atoms with Crippen molar-refractivity contribution < 1.29 is 4.42 Å². The summed E-state index contributed by atoms with van der Waals surface area (Å²) in [5.41, 5.74) is 1.20. The van der Waals surface area contributed by atoms with Crippen molar-refractivity contribution in [3.8, 4) is 0 Å². The molecule has 0 aliphatic heterocycles. The van der Waals surface area contributed by atoms with Crippen LogP contribution in [0.5, 0.6) is 0 Å². The van der Waals surface area contributed by atoms with Crippen molar-refractivity contribution in [1.29, 1.82) is 0 Å². The second-order valence-corrected chi connectivity index (χ2v) is 4.06. The van der Waals surface area contributed by atoms with E-state index in [2.05, 4.69) is 17.2 Å². The first kappa shape index (κ1) is 11.2. The van der Waals surface area contributed by atoms with Crippen LogP contribution in [0.25, 0.3) is 0 Å². The van der Waals surface area contributed by atoms with Crippen LogP contribution in [0.3, 0.4) is 0 Å². The Balaban J connectivity index is 1.93. The molecule has 0 spiro atoms. The normalized spacial score (nSPS) is 12.6. The largest absolute Gasteiger partial charge is 0.447 e. The van der Waals surface area contributed by atoms with E-state index in [-0.39, 0.29) is 6.04 Å². The number of rotatable bonds is 4. The van der Waals surface area contributed by atoms with E-state index < -0.39 is 0 Å². The van der Waals surface area contributed by atoms with Gasteiger partial charge < -0.3 is 9.73 Å². The van der Waals surface area contributed by atoms with E-state index in [1.165, 1.54) is 12.0 Å². The van der Waals surface area contributed by atoms with Gasteiger partial charge in [-0.15, -0.1) is 0 Å². The lowest BCUT2D eigenvalue weighted by molar-refractivity contribution is 0.458. The number of benzene rings is 1. The average molecular weight is 237 g/mol. The molecule has 2 rings (SSSR count). The molecule has 0 bridgehead atoms. The third kappa shape index (κ3) is 2.84. The van der Waals surface area contributed by atoms with Gasteiger partial charge in [-0.2, -0.15) is 0 Å². The van der Waals surface area contributed by atoms with Crippen LogP contribution >= 0.6 is 11.6 Å². The maximum absolute atomic E-state index is 5.83. The molecule has 2 aromatic rings. The number of hydrogen-bond donors (Lipinski definition) is 1. The fourth-order valence-electron chi connectivity index (χ4n) is 1.45. The van der Waals surface area contributed by atoms with Crippen LogP contribution in [0.4, 0.5) is 0 Å². The molecule has 1 atom stereocenters. The number of halogens is 1. The molecule has 3 nitrogen and oxygen atoms in total. The molecule has 1 N–H and O–H groups in total. The summed E-state index contributed by atoms with van der Waals surface area (Å²) in [6.07, 6.45) is 3.14. The van der Waals surface area contributed by atoms with E-state index in [9.17, 15) is 0 Å². The highest BCUT2D eigenvalue weighted by atomic mass is 35.5. The van der Waals surface area contributed by atoms with E-state index in [1.807, 2.05) is 24.3 Å². The highest BCUT2D eigenvalue weighted by molar-refractivity contribution is 6.30. The van der Waals surface area contributed by atoms with Gasteiger partial charge in [0, 0.05) is 11.1 Å². The predicted molar refractivity (Wildman–Crippen MR) is 63.2 cm³/mol. The molecule has 84 valence electrons. The van der Waals surface area contributed by atoms with Crippen molar-refractivity contribution >= 4 is 11.6 Å². The summed E-state index contributed by atoms with van der Waals surface area (Å²) in [6, 6.07) is 8.07. The standard InChI is InChI=1S/C12H13ClN2O/c1-9(10-2-4-11(13)5-3-10)15-7-12-6-14-8-16-12/h2-6,8-9,15H,7H2,1H3/t9-/m0/s1. The number of nitrogens with zero attached hydrogens (tertiary/aromatic N) is 1. The third-order valence-electron chi connectivity index (χ3n) is 2.44. The Morgan fingerprint density at radius 3 is 2.75 bits per heavy atom. The van der Waals surface area contributed by atoms with Crippen molar-refractivity contribution in [2.45, 2.75) is 19.5 Å². The van der Waals surface area contributed by atoms with Gasteiger partial charge in [0.05, 0.1) is 12.7 Å². The second-order valence-electron chi connectivity index (χ2n) is 3.62. The fourth-order valence-corrected chi connectivity index (χ4v) is 1.58. The highest BCUT2D eigenvalue weighted by Crippen LogP contribution is 2.16. The van der Waals surface area contributed by atoms with Crippen LogP contribution in [-0.4, -0.2) is 4.98 Å². The molecule has 4 heteroatoms. The molecule has 0 radical (unpaired) electrons. The number of nitrogens with one attached hydrogen (secondary N) is 1. The second kappa shape index (κ2) is 5.14. The highest BCUT2D eigenvalue weighted by Gasteiger charge is 2.05. The smallest absolute Gasteiger partial charge is 0.180 e. The molecule has 1 aromatic carbocycles. The zero-order valence-electron chi connectivity index (χ0n) is 8.98. The molecule has 0 fully saturated rings. The zero-order valence-corrected chi connectivity index (χ0v) is 9.74. The van der Waals surface area contributed by atoms with Crippen molar-refractivity contribution in [3.05, 3.63) is 53.2 Å². The van der Waals surface area contributed by atoms with Gasteiger partial charge in [0.25, 0.3) is 0 Å². The van der Waals surface area contributed by atoms with E-state index in [0.29, 0.717) is 6.54 Å². The lowest BCUT2D eigenvalue weighted by Crippen LogP contribution is -2.17. The first-order valence-electron chi connectivity index (χ1n) is 5.12. The van der Waals surface area contributed by atoms with E-state index in [1.54, 1.807) is 6.20 Å². The van der Waals surface area contributed by atoms with E-state index in [4.69, 9.17) is 16.0 Å². The molecular weight excluding hydrogens is 224 g/mol. The Morgan fingerprint density at radius 1 is 1.38 bits per heavy atom. The number of oxazole rings is 1. The summed E-state index contributed by atoms with van der Waals surface area (Å²) in [4.78, 5) is 3.86. The van der Waals surface area contributed by atoms with Crippen molar-refractivity contribution in [2.75, 3.05) is 0 Å². The van der Waals surface area contributed by atoms with Gasteiger partial charge in [0.2, 0.25) is 0 Å². The maximum atomic E-state index is 5.83. The Hall–Kier alpha value is -1.32. The summed E-state index contributed by atoms with van der Waals surface area (Å²) in [7, 11) is 0. The van der Waals surface area contributed by atoms with Crippen LogP contribution < -0.4 is 5.32 Å². The minimum atomic E-state index is 0.252. The summed E-state index contributed by atoms with van der Waals surface area (Å²) in [6.45, 7) is 2.77. The van der Waals surface area contributed by atoms with Crippen LogP contribution in [-0.2, 0) is 6.54 Å². The first-order chi connectivity index (χ1) is 7.75. The molecule has 0 saturated heterocycles. The van der Waals surface area contributed by atoms with Crippen LogP contribution in [0, 0.1) is 0 Å². The molecule has 0 amide bonds. The summed E-state index contributed by atoms with van der Waals surface area (Å²) < 4.78 is 5.14. The van der Waals surface area contributed by atoms with Gasteiger partial charge in [-0.05, 0) is 24.6 Å². The van der Waals surface area contributed by atoms with Gasteiger partial charge in [-0.25, -0.2) is 4.98 Å². The minimum Gasteiger partial charge on any atom is -0.447 e. The number of hydrogen-bond acceptors (Lipinski definition) is 3. The average Bonchev–Trinajstić information content (AvgIpc) is 2.80. The van der Waals surface area contributed by atoms with Crippen LogP contribution in [0.15, 0.2) is 41.3 Å². The van der Waals surface area contributed by atoms with Crippen LogP contribution in [0.1, 0.15) is 24.3 Å². The van der Waals surface area contributed by atoms with Gasteiger partial charge in [0.1, 0.15) is 5.76 Å². The molecule has 1 heterocycles. The summed E-state index contributed by atoms with van der Waals surface area (Å²) in [5, 5.41) is 4.10. The molecule has 0 aliphatic rings.